The molecule has 0 aliphatic carbocycles. The summed E-state index contributed by atoms with van der Waals surface area (Å²) in [6, 6.07) is 6.36. The molecular formula is C16H21ClN2OS. The lowest BCUT2D eigenvalue weighted by Gasteiger charge is -2.15. The molecule has 2 aromatic rings. The minimum absolute atomic E-state index is 0.253. The molecule has 1 heterocycles. The van der Waals surface area contributed by atoms with E-state index in [0.29, 0.717) is 5.22 Å². The Balaban J connectivity index is 2.11. The zero-order valence-corrected chi connectivity index (χ0v) is 14.4. The number of rotatable bonds is 6. The van der Waals surface area contributed by atoms with Gasteiger partial charge in [0.2, 0.25) is 0 Å². The first-order valence-electron chi connectivity index (χ1n) is 7.16. The zero-order chi connectivity index (χ0) is 15.4. The summed E-state index contributed by atoms with van der Waals surface area (Å²) >= 11 is 7.89. The Morgan fingerprint density at radius 2 is 2.14 bits per heavy atom. The number of halogens is 1. The summed E-state index contributed by atoms with van der Waals surface area (Å²) in [7, 11) is 0. The second kappa shape index (κ2) is 7.34. The summed E-state index contributed by atoms with van der Waals surface area (Å²) in [6.07, 6.45) is 1.11. The van der Waals surface area contributed by atoms with Crippen molar-refractivity contribution in [1.29, 1.82) is 0 Å². The van der Waals surface area contributed by atoms with Gasteiger partial charge in [0.1, 0.15) is 5.76 Å². The Kier molecular flexibility index (Phi) is 5.73. The van der Waals surface area contributed by atoms with Crippen LogP contribution in [0.4, 0.5) is 0 Å². The summed E-state index contributed by atoms with van der Waals surface area (Å²) in [5, 5.41) is 4.88. The summed E-state index contributed by atoms with van der Waals surface area (Å²) in [5.74, 6) is 0.859. The maximum atomic E-state index is 6.40. The predicted molar refractivity (Wildman–Crippen MR) is 88.3 cm³/mol. The number of hydrogen-bond acceptors (Lipinski definition) is 4. The van der Waals surface area contributed by atoms with Gasteiger partial charge < -0.3 is 9.73 Å². The molecule has 0 fully saturated rings. The topological polar surface area (TPSA) is 38.1 Å². The molecule has 1 aromatic heterocycles. The number of nitrogens with zero attached hydrogens (tertiary/aromatic N) is 1. The van der Waals surface area contributed by atoms with Crippen LogP contribution in [0.3, 0.4) is 0 Å². The van der Waals surface area contributed by atoms with Crippen molar-refractivity contribution >= 4 is 23.4 Å². The molecule has 1 aromatic carbocycles. The summed E-state index contributed by atoms with van der Waals surface area (Å²) in [6.45, 7) is 9.14. The van der Waals surface area contributed by atoms with E-state index in [1.54, 1.807) is 0 Å². The number of hydrogen-bond donors (Lipinski definition) is 1. The van der Waals surface area contributed by atoms with E-state index in [1.807, 2.05) is 19.9 Å². The van der Waals surface area contributed by atoms with E-state index in [4.69, 9.17) is 16.0 Å². The average molecular weight is 325 g/mol. The van der Waals surface area contributed by atoms with Crippen molar-refractivity contribution in [3.63, 3.8) is 0 Å². The van der Waals surface area contributed by atoms with Gasteiger partial charge in [-0.2, -0.15) is 0 Å². The number of oxazole rings is 1. The normalized spacial score (nSPS) is 12.6. The average Bonchev–Trinajstić information content (AvgIpc) is 2.74. The Hall–Kier alpha value is -0.970. The van der Waals surface area contributed by atoms with Crippen LogP contribution in [-0.4, -0.2) is 11.5 Å². The van der Waals surface area contributed by atoms with Crippen molar-refractivity contribution in [3.05, 3.63) is 40.2 Å². The first-order valence-corrected chi connectivity index (χ1v) is 8.35. The summed E-state index contributed by atoms with van der Waals surface area (Å²) in [4.78, 5) is 5.41. The van der Waals surface area contributed by atoms with E-state index in [0.717, 1.165) is 39.9 Å². The molecular weight excluding hydrogens is 304 g/mol. The van der Waals surface area contributed by atoms with Gasteiger partial charge in [-0.05, 0) is 63.2 Å². The molecule has 21 heavy (non-hydrogen) atoms. The lowest BCUT2D eigenvalue weighted by Crippen LogP contribution is -2.19. The second-order valence-corrected chi connectivity index (χ2v) is 6.51. The van der Waals surface area contributed by atoms with Crippen LogP contribution in [0.15, 0.2) is 32.7 Å². The molecule has 0 spiro atoms. The predicted octanol–water partition coefficient (Wildman–Crippen LogP) is 5.16. The van der Waals surface area contributed by atoms with E-state index >= 15 is 0 Å². The van der Waals surface area contributed by atoms with Gasteiger partial charge >= 0.3 is 0 Å². The molecule has 1 atom stereocenters. The molecule has 3 nitrogen and oxygen atoms in total. The molecule has 5 heteroatoms. The van der Waals surface area contributed by atoms with Crippen molar-refractivity contribution in [2.45, 2.75) is 50.3 Å². The Morgan fingerprint density at radius 3 is 2.71 bits per heavy atom. The smallest absolute Gasteiger partial charge is 0.260 e. The van der Waals surface area contributed by atoms with Crippen LogP contribution in [0.1, 0.15) is 43.3 Å². The van der Waals surface area contributed by atoms with Crippen LogP contribution < -0.4 is 5.32 Å². The molecule has 0 bridgehead atoms. The molecule has 1 N–H and O–H groups in total. The monoisotopic (exact) mass is 324 g/mol. The van der Waals surface area contributed by atoms with E-state index in [-0.39, 0.29) is 6.04 Å². The maximum Gasteiger partial charge on any atom is 0.260 e. The van der Waals surface area contributed by atoms with Gasteiger partial charge in [0.05, 0.1) is 5.69 Å². The van der Waals surface area contributed by atoms with Crippen molar-refractivity contribution in [2.24, 2.45) is 0 Å². The first-order chi connectivity index (χ1) is 10.0. The zero-order valence-electron chi connectivity index (χ0n) is 12.9. The number of nitrogens with one attached hydrogen (secondary N) is 1. The van der Waals surface area contributed by atoms with Gasteiger partial charge in [0.15, 0.2) is 0 Å². The van der Waals surface area contributed by atoms with Crippen LogP contribution in [0.5, 0.6) is 0 Å². The highest BCUT2D eigenvalue weighted by atomic mass is 35.5. The van der Waals surface area contributed by atoms with Gasteiger partial charge in [0.25, 0.3) is 5.22 Å². The van der Waals surface area contributed by atoms with E-state index in [9.17, 15) is 0 Å². The Bertz CT molecular complexity index is 593. The lowest BCUT2D eigenvalue weighted by atomic mass is 10.1. The Labute approximate surface area is 135 Å². The van der Waals surface area contributed by atoms with Crippen LogP contribution in [0.25, 0.3) is 0 Å². The molecule has 0 amide bonds. The fraction of sp³-hybridized carbons (Fsp3) is 0.438. The third kappa shape index (κ3) is 4.25. The molecule has 114 valence electrons. The molecule has 0 radical (unpaired) electrons. The Morgan fingerprint density at radius 1 is 1.38 bits per heavy atom. The first kappa shape index (κ1) is 16.4. The molecule has 0 aliphatic heterocycles. The fourth-order valence-electron chi connectivity index (χ4n) is 1.98. The highest BCUT2D eigenvalue weighted by Gasteiger charge is 2.12. The molecule has 1 unspecified atom stereocenters. The molecule has 0 aliphatic rings. The third-order valence-electron chi connectivity index (χ3n) is 3.35. The SMILES string of the molecule is CCCNC(C)c1ccc(Sc2nc(C)c(C)o2)cc1Cl. The van der Waals surface area contributed by atoms with E-state index in [2.05, 4.69) is 36.3 Å². The lowest BCUT2D eigenvalue weighted by molar-refractivity contribution is 0.431. The van der Waals surface area contributed by atoms with Crippen LogP contribution in [0.2, 0.25) is 5.02 Å². The van der Waals surface area contributed by atoms with Gasteiger partial charge in [0, 0.05) is 16.0 Å². The quantitative estimate of drug-likeness (QED) is 0.796. The third-order valence-corrected chi connectivity index (χ3v) is 4.52. The van der Waals surface area contributed by atoms with Gasteiger partial charge in [-0.25, -0.2) is 4.98 Å². The highest BCUT2D eigenvalue weighted by Crippen LogP contribution is 2.33. The van der Waals surface area contributed by atoms with Crippen molar-refractivity contribution in [1.82, 2.24) is 10.3 Å². The number of benzene rings is 1. The minimum atomic E-state index is 0.253. The molecule has 0 saturated heterocycles. The van der Waals surface area contributed by atoms with Gasteiger partial charge in [-0.1, -0.05) is 24.6 Å². The fourth-order valence-corrected chi connectivity index (χ4v) is 3.25. The van der Waals surface area contributed by atoms with Gasteiger partial charge in [-0.15, -0.1) is 0 Å². The van der Waals surface area contributed by atoms with Crippen molar-refractivity contribution < 1.29 is 4.42 Å². The van der Waals surface area contributed by atoms with Crippen LogP contribution in [-0.2, 0) is 0 Å². The van der Waals surface area contributed by atoms with Crippen LogP contribution in [0, 0.1) is 13.8 Å². The number of aryl methyl sites for hydroxylation is 2. The van der Waals surface area contributed by atoms with E-state index < -0.39 is 0 Å². The van der Waals surface area contributed by atoms with E-state index in [1.165, 1.54) is 11.8 Å². The minimum Gasteiger partial charge on any atom is -0.436 e. The number of aromatic nitrogens is 1. The van der Waals surface area contributed by atoms with Crippen molar-refractivity contribution in [2.75, 3.05) is 6.54 Å². The van der Waals surface area contributed by atoms with Gasteiger partial charge in [-0.3, -0.25) is 0 Å². The maximum absolute atomic E-state index is 6.40. The standard InChI is InChI=1S/C16H21ClN2OS/c1-5-8-18-11(3)14-7-6-13(9-15(14)17)21-16-19-10(2)12(4)20-16/h6-7,9,11,18H,5,8H2,1-4H3. The summed E-state index contributed by atoms with van der Waals surface area (Å²) in [5.41, 5.74) is 2.05. The molecule has 0 saturated carbocycles. The van der Waals surface area contributed by atoms with Crippen LogP contribution >= 0.6 is 23.4 Å². The molecule has 2 rings (SSSR count). The van der Waals surface area contributed by atoms with Crippen molar-refractivity contribution in [3.8, 4) is 0 Å². The second-order valence-electron chi connectivity index (χ2n) is 5.08. The summed E-state index contributed by atoms with van der Waals surface area (Å²) < 4.78 is 5.59. The highest BCUT2D eigenvalue weighted by molar-refractivity contribution is 7.99. The largest absolute Gasteiger partial charge is 0.436 e.